The van der Waals surface area contributed by atoms with Crippen molar-refractivity contribution in [2.24, 2.45) is 0 Å². The number of amides is 2. The van der Waals surface area contributed by atoms with Crippen molar-refractivity contribution in [1.29, 1.82) is 0 Å². The molecule has 1 aliphatic rings. The van der Waals surface area contributed by atoms with Gasteiger partial charge in [-0.3, -0.25) is 9.59 Å². The third-order valence-corrected chi connectivity index (χ3v) is 6.79. The number of nitrogens with one attached hydrogen (secondary N) is 1. The van der Waals surface area contributed by atoms with Crippen LogP contribution in [-0.4, -0.2) is 72.5 Å². The number of piperazine rings is 1. The molecule has 3 aromatic carbocycles. The number of carbonyl (C=O) groups is 2. The minimum atomic E-state index is -0.852. The number of fused-ring (bicyclic) bond motifs is 1. The van der Waals surface area contributed by atoms with Crippen LogP contribution in [0.5, 0.6) is 11.6 Å². The fraction of sp³-hybridized carbons (Fsp3) is 0.258. The Hall–Kier alpha value is -4.27. The van der Waals surface area contributed by atoms with Gasteiger partial charge in [-0.15, -0.1) is 0 Å². The minimum Gasteiger partial charge on any atom is -0.438 e. The molecule has 1 saturated heterocycles. The van der Waals surface area contributed by atoms with Gasteiger partial charge in [0.25, 0.3) is 5.91 Å². The average Bonchev–Trinajstić information content (AvgIpc) is 2.97. The average molecular weight is 525 g/mol. The fourth-order valence-corrected chi connectivity index (χ4v) is 4.56. The van der Waals surface area contributed by atoms with Crippen LogP contribution in [-0.2, 0) is 16.1 Å². The molecule has 200 valence electrons. The topological polar surface area (TPSA) is 84.0 Å². The lowest BCUT2D eigenvalue weighted by atomic mass is 10.1. The molecular formula is C31H32N4O4. The zero-order valence-electron chi connectivity index (χ0n) is 22.0. The highest BCUT2D eigenvalue weighted by Gasteiger charge is 2.29. The molecular weight excluding hydrogens is 492 g/mol. The molecule has 0 aliphatic carbocycles. The highest BCUT2D eigenvalue weighted by atomic mass is 16.5. The van der Waals surface area contributed by atoms with Crippen molar-refractivity contribution in [2.75, 3.05) is 39.8 Å². The van der Waals surface area contributed by atoms with Crippen LogP contribution in [0.3, 0.4) is 0 Å². The molecule has 2 amide bonds. The molecule has 0 radical (unpaired) electrons. The quantitative estimate of drug-likeness (QED) is 0.355. The van der Waals surface area contributed by atoms with E-state index in [0.717, 1.165) is 29.4 Å². The molecule has 0 unspecified atom stereocenters. The van der Waals surface area contributed by atoms with Gasteiger partial charge in [0.05, 0.1) is 13.2 Å². The monoisotopic (exact) mass is 524 g/mol. The molecule has 2 heterocycles. The highest BCUT2D eigenvalue weighted by Crippen LogP contribution is 2.30. The van der Waals surface area contributed by atoms with Crippen LogP contribution in [0, 0.1) is 0 Å². The maximum Gasteiger partial charge on any atom is 0.257 e. The summed E-state index contributed by atoms with van der Waals surface area (Å²) in [6.45, 7) is 3.15. The van der Waals surface area contributed by atoms with E-state index in [1.54, 1.807) is 23.2 Å². The lowest BCUT2D eigenvalue weighted by Gasteiger charge is -2.34. The number of hydrogen-bond donors (Lipinski definition) is 1. The number of ether oxygens (including phenoxy) is 2. The van der Waals surface area contributed by atoms with Crippen LogP contribution in [0.1, 0.15) is 15.9 Å². The molecule has 1 fully saturated rings. The maximum absolute atomic E-state index is 13.5. The van der Waals surface area contributed by atoms with Gasteiger partial charge in [-0.25, -0.2) is 4.98 Å². The van der Waals surface area contributed by atoms with Crippen molar-refractivity contribution in [2.45, 2.75) is 12.6 Å². The van der Waals surface area contributed by atoms with E-state index in [0.29, 0.717) is 25.4 Å². The Morgan fingerprint density at radius 2 is 1.64 bits per heavy atom. The summed E-state index contributed by atoms with van der Waals surface area (Å²) < 4.78 is 12.1. The summed E-state index contributed by atoms with van der Waals surface area (Å²) in [4.78, 5) is 35.3. The number of benzene rings is 3. The van der Waals surface area contributed by atoms with E-state index in [1.165, 1.54) is 0 Å². The minimum absolute atomic E-state index is 0.0472. The Balaban J connectivity index is 1.34. The van der Waals surface area contributed by atoms with Crippen molar-refractivity contribution in [3.63, 3.8) is 0 Å². The van der Waals surface area contributed by atoms with Gasteiger partial charge in [0.1, 0.15) is 17.4 Å². The van der Waals surface area contributed by atoms with Gasteiger partial charge in [-0.05, 0) is 36.2 Å². The zero-order valence-corrected chi connectivity index (χ0v) is 22.0. The Labute approximate surface area is 228 Å². The molecule has 1 aliphatic heterocycles. The third kappa shape index (κ3) is 6.60. The molecule has 1 atom stereocenters. The smallest absolute Gasteiger partial charge is 0.257 e. The van der Waals surface area contributed by atoms with Crippen molar-refractivity contribution in [1.82, 2.24) is 20.1 Å². The Morgan fingerprint density at radius 1 is 0.897 bits per heavy atom. The predicted octanol–water partition coefficient (Wildman–Crippen LogP) is 4.12. The van der Waals surface area contributed by atoms with Gasteiger partial charge in [0.2, 0.25) is 11.8 Å². The lowest BCUT2D eigenvalue weighted by molar-refractivity contribution is -0.136. The van der Waals surface area contributed by atoms with E-state index in [1.807, 2.05) is 79.8 Å². The molecule has 39 heavy (non-hydrogen) atoms. The van der Waals surface area contributed by atoms with E-state index < -0.39 is 11.9 Å². The van der Waals surface area contributed by atoms with Crippen LogP contribution in [0.4, 0.5) is 0 Å². The Morgan fingerprint density at radius 3 is 2.46 bits per heavy atom. The van der Waals surface area contributed by atoms with E-state index in [-0.39, 0.29) is 24.0 Å². The summed E-state index contributed by atoms with van der Waals surface area (Å²) in [7, 11) is 2.03. The Kier molecular flexibility index (Phi) is 8.45. The Bertz CT molecular complexity index is 1420. The van der Waals surface area contributed by atoms with Crippen molar-refractivity contribution >= 4 is 22.6 Å². The predicted molar refractivity (Wildman–Crippen MR) is 150 cm³/mol. The molecule has 5 rings (SSSR count). The molecule has 8 nitrogen and oxygen atoms in total. The van der Waals surface area contributed by atoms with Gasteiger partial charge in [0.15, 0.2) is 0 Å². The number of pyridine rings is 1. The second-order valence-corrected chi connectivity index (χ2v) is 9.59. The highest BCUT2D eigenvalue weighted by molar-refractivity contribution is 5.99. The summed E-state index contributed by atoms with van der Waals surface area (Å²) in [5.74, 6) is 0.151. The number of nitrogens with zero attached hydrogens (tertiary/aromatic N) is 3. The molecule has 4 aromatic rings. The zero-order chi connectivity index (χ0) is 27.0. The summed E-state index contributed by atoms with van der Waals surface area (Å²) in [6, 6.07) is 25.8. The largest absolute Gasteiger partial charge is 0.438 e. The van der Waals surface area contributed by atoms with Crippen LogP contribution in [0.15, 0.2) is 91.1 Å². The fourth-order valence-electron chi connectivity index (χ4n) is 4.56. The van der Waals surface area contributed by atoms with Crippen LogP contribution in [0.25, 0.3) is 10.8 Å². The number of hydrogen-bond acceptors (Lipinski definition) is 6. The van der Waals surface area contributed by atoms with Gasteiger partial charge >= 0.3 is 0 Å². The molecule has 1 N–H and O–H groups in total. The first-order valence-electron chi connectivity index (χ1n) is 13.1. The first kappa shape index (κ1) is 26.3. The van der Waals surface area contributed by atoms with E-state index in [4.69, 9.17) is 9.47 Å². The standard InChI is InChI=1S/C31H32N4O4/c1-34-17-19-35(20-18-34)31(37)27(22-38-21-23-9-3-2-4-10-23)33-29(36)26-14-8-16-32-30(26)39-28-15-7-12-24-11-5-6-13-25(24)28/h2-16,27H,17-22H2,1H3,(H,33,36)/t27-/m1/s1. The number of likely N-dealkylation sites (N-methyl/N-ethyl adjacent to an activating group) is 1. The third-order valence-electron chi connectivity index (χ3n) is 6.79. The number of rotatable bonds is 9. The van der Waals surface area contributed by atoms with Gasteiger partial charge in [-0.2, -0.15) is 0 Å². The summed E-state index contributed by atoms with van der Waals surface area (Å²) in [6.07, 6.45) is 1.58. The van der Waals surface area contributed by atoms with Crippen LogP contribution in [0.2, 0.25) is 0 Å². The summed E-state index contributed by atoms with van der Waals surface area (Å²) in [5, 5.41) is 4.83. The SMILES string of the molecule is CN1CCN(C(=O)[C@@H](COCc2ccccc2)NC(=O)c2cccnc2Oc2cccc3ccccc23)CC1. The van der Waals surface area contributed by atoms with Crippen LogP contribution >= 0.6 is 0 Å². The van der Waals surface area contributed by atoms with Gasteiger partial charge in [0, 0.05) is 37.8 Å². The van der Waals surface area contributed by atoms with Gasteiger partial charge < -0.3 is 24.6 Å². The lowest BCUT2D eigenvalue weighted by Crippen LogP contribution is -2.55. The van der Waals surface area contributed by atoms with Gasteiger partial charge in [-0.1, -0.05) is 66.7 Å². The first-order valence-corrected chi connectivity index (χ1v) is 13.1. The molecule has 0 bridgehead atoms. The van der Waals surface area contributed by atoms with Crippen LogP contribution < -0.4 is 10.1 Å². The molecule has 1 aromatic heterocycles. The van der Waals surface area contributed by atoms with Crippen molar-refractivity contribution < 1.29 is 19.1 Å². The molecule has 0 spiro atoms. The van der Waals surface area contributed by atoms with E-state index >= 15 is 0 Å². The van der Waals surface area contributed by atoms with E-state index in [9.17, 15) is 9.59 Å². The maximum atomic E-state index is 13.5. The second kappa shape index (κ2) is 12.5. The molecule has 8 heteroatoms. The van der Waals surface area contributed by atoms with E-state index in [2.05, 4.69) is 15.2 Å². The molecule has 0 saturated carbocycles. The second-order valence-electron chi connectivity index (χ2n) is 9.59. The number of aromatic nitrogens is 1. The summed E-state index contributed by atoms with van der Waals surface area (Å²) >= 11 is 0. The first-order chi connectivity index (χ1) is 19.1. The normalized spacial score (nSPS) is 14.6. The van der Waals surface area contributed by atoms with Crippen molar-refractivity contribution in [3.8, 4) is 11.6 Å². The summed E-state index contributed by atoms with van der Waals surface area (Å²) in [5.41, 5.74) is 1.23. The van der Waals surface area contributed by atoms with Crippen molar-refractivity contribution in [3.05, 3.63) is 102 Å². The number of carbonyl (C=O) groups excluding carboxylic acids is 2.